The van der Waals surface area contributed by atoms with Gasteiger partial charge in [-0.25, -0.2) is 4.99 Å². The van der Waals surface area contributed by atoms with Gasteiger partial charge in [0.05, 0.1) is 10.6 Å². The molecule has 5 nitrogen and oxygen atoms in total. The molecule has 138 valence electrons. The number of nitrogens with zero attached hydrogens (tertiary/aromatic N) is 3. The number of benzene rings is 1. The van der Waals surface area contributed by atoms with Gasteiger partial charge in [-0.2, -0.15) is 0 Å². The fraction of sp³-hybridized carbons (Fsp3) is 0.632. The molecule has 0 saturated carbocycles. The van der Waals surface area contributed by atoms with Crippen molar-refractivity contribution >= 4 is 28.3 Å². The summed E-state index contributed by atoms with van der Waals surface area (Å²) in [6.07, 6.45) is 3.49. The maximum Gasteiger partial charge on any atom is 0.272 e. The van der Waals surface area contributed by atoms with E-state index in [2.05, 4.69) is 25.7 Å². The van der Waals surface area contributed by atoms with Gasteiger partial charge in [-0.15, -0.1) is 0 Å². The van der Waals surface area contributed by atoms with E-state index < -0.39 is 0 Å². The SMILES string of the molecule is CCCCN1C(=Nc2cc(C)c([N+](=O)[O-])cc2C)SCC1C(C)CC. The number of thioether (sulfide) groups is 1. The monoisotopic (exact) mass is 363 g/mol. The van der Waals surface area contributed by atoms with Gasteiger partial charge in [0.15, 0.2) is 5.17 Å². The van der Waals surface area contributed by atoms with E-state index in [1.54, 1.807) is 13.0 Å². The number of hydrogen-bond acceptors (Lipinski definition) is 4. The van der Waals surface area contributed by atoms with E-state index in [9.17, 15) is 10.1 Å². The van der Waals surface area contributed by atoms with Gasteiger partial charge >= 0.3 is 0 Å². The Bertz CT molecular complexity index is 660. The topological polar surface area (TPSA) is 58.7 Å². The summed E-state index contributed by atoms with van der Waals surface area (Å²) in [5.74, 6) is 1.71. The van der Waals surface area contributed by atoms with E-state index in [0.717, 1.165) is 48.0 Å². The lowest BCUT2D eigenvalue weighted by molar-refractivity contribution is -0.385. The number of aliphatic imine (C=N–C) groups is 1. The molecule has 2 rings (SSSR count). The van der Waals surface area contributed by atoms with Gasteiger partial charge in [0.1, 0.15) is 0 Å². The van der Waals surface area contributed by atoms with Gasteiger partial charge in [0.25, 0.3) is 5.69 Å². The quantitative estimate of drug-likeness (QED) is 0.476. The van der Waals surface area contributed by atoms with Gasteiger partial charge in [-0.05, 0) is 37.8 Å². The summed E-state index contributed by atoms with van der Waals surface area (Å²) >= 11 is 1.81. The van der Waals surface area contributed by atoms with Crippen molar-refractivity contribution in [3.63, 3.8) is 0 Å². The number of nitro groups is 1. The molecule has 1 heterocycles. The molecule has 1 aliphatic heterocycles. The van der Waals surface area contributed by atoms with Crippen molar-refractivity contribution in [2.24, 2.45) is 10.9 Å². The van der Waals surface area contributed by atoms with E-state index in [0.29, 0.717) is 17.5 Å². The summed E-state index contributed by atoms with van der Waals surface area (Å²) in [4.78, 5) is 18.1. The molecule has 0 radical (unpaired) electrons. The zero-order valence-electron chi connectivity index (χ0n) is 15.9. The van der Waals surface area contributed by atoms with Crippen molar-refractivity contribution in [1.29, 1.82) is 0 Å². The summed E-state index contributed by atoms with van der Waals surface area (Å²) in [6.45, 7) is 11.5. The zero-order chi connectivity index (χ0) is 18.6. The van der Waals surface area contributed by atoms with Crippen LogP contribution in [0.4, 0.5) is 11.4 Å². The molecular weight excluding hydrogens is 334 g/mol. The third-order valence-corrected chi connectivity index (χ3v) is 6.10. The summed E-state index contributed by atoms with van der Waals surface area (Å²) in [5, 5.41) is 12.2. The Morgan fingerprint density at radius 1 is 1.36 bits per heavy atom. The third-order valence-electron chi connectivity index (χ3n) is 5.01. The summed E-state index contributed by atoms with van der Waals surface area (Å²) in [6, 6.07) is 4.01. The van der Waals surface area contributed by atoms with E-state index >= 15 is 0 Å². The van der Waals surface area contributed by atoms with Crippen molar-refractivity contribution < 1.29 is 4.92 Å². The minimum Gasteiger partial charge on any atom is -0.347 e. The maximum absolute atomic E-state index is 11.1. The summed E-state index contributed by atoms with van der Waals surface area (Å²) < 4.78 is 0. The van der Waals surface area contributed by atoms with Crippen molar-refractivity contribution in [2.75, 3.05) is 12.3 Å². The minimum atomic E-state index is -0.323. The van der Waals surface area contributed by atoms with E-state index in [1.165, 1.54) is 0 Å². The molecule has 0 N–H and O–H groups in total. The summed E-state index contributed by atoms with van der Waals surface area (Å²) in [5.41, 5.74) is 2.53. The number of rotatable bonds is 7. The number of amidine groups is 1. The molecule has 2 atom stereocenters. The molecule has 1 aliphatic rings. The first kappa shape index (κ1) is 19.8. The van der Waals surface area contributed by atoms with Gasteiger partial charge in [-0.3, -0.25) is 10.1 Å². The average Bonchev–Trinajstić information content (AvgIpc) is 2.97. The van der Waals surface area contributed by atoms with Gasteiger partial charge in [-0.1, -0.05) is 45.4 Å². The van der Waals surface area contributed by atoms with Crippen LogP contribution in [-0.4, -0.2) is 33.3 Å². The second-order valence-electron chi connectivity index (χ2n) is 6.89. The van der Waals surface area contributed by atoms with Crippen molar-refractivity contribution in [2.45, 2.75) is 59.9 Å². The van der Waals surface area contributed by atoms with Crippen LogP contribution in [0.2, 0.25) is 0 Å². The maximum atomic E-state index is 11.1. The second-order valence-corrected chi connectivity index (χ2v) is 7.87. The Kier molecular flexibility index (Phi) is 6.87. The van der Waals surface area contributed by atoms with Gasteiger partial charge in [0, 0.05) is 30.0 Å². The Hall–Kier alpha value is -1.56. The minimum absolute atomic E-state index is 0.167. The van der Waals surface area contributed by atoms with Gasteiger partial charge in [0.2, 0.25) is 0 Å². The molecule has 1 aromatic rings. The lowest BCUT2D eigenvalue weighted by Crippen LogP contribution is -2.38. The first-order valence-corrected chi connectivity index (χ1v) is 10.1. The Morgan fingerprint density at radius 2 is 2.08 bits per heavy atom. The first-order chi connectivity index (χ1) is 11.9. The highest BCUT2D eigenvalue weighted by molar-refractivity contribution is 8.14. The van der Waals surface area contributed by atoms with Crippen molar-refractivity contribution in [1.82, 2.24) is 4.90 Å². The lowest BCUT2D eigenvalue weighted by Gasteiger charge is -2.30. The van der Waals surface area contributed by atoms with Crippen LogP contribution in [-0.2, 0) is 0 Å². The van der Waals surface area contributed by atoms with Crippen LogP contribution < -0.4 is 0 Å². The molecule has 0 spiro atoms. The van der Waals surface area contributed by atoms with Crippen LogP contribution in [0, 0.1) is 29.9 Å². The molecule has 1 aromatic carbocycles. The average molecular weight is 364 g/mol. The van der Waals surface area contributed by atoms with Crippen molar-refractivity contribution in [3.8, 4) is 0 Å². The Morgan fingerprint density at radius 3 is 2.68 bits per heavy atom. The fourth-order valence-corrected chi connectivity index (χ4v) is 4.49. The smallest absolute Gasteiger partial charge is 0.272 e. The van der Waals surface area contributed by atoms with Crippen LogP contribution in [0.15, 0.2) is 17.1 Å². The van der Waals surface area contributed by atoms with Crippen LogP contribution in [0.1, 0.15) is 51.2 Å². The van der Waals surface area contributed by atoms with Crippen LogP contribution in [0.3, 0.4) is 0 Å². The number of unbranched alkanes of at least 4 members (excludes halogenated alkanes) is 1. The molecule has 1 fully saturated rings. The Balaban J connectivity index is 2.35. The van der Waals surface area contributed by atoms with Crippen molar-refractivity contribution in [3.05, 3.63) is 33.4 Å². The highest BCUT2D eigenvalue weighted by Crippen LogP contribution is 2.34. The predicted octanol–water partition coefficient (Wildman–Crippen LogP) is 5.46. The number of hydrogen-bond donors (Lipinski definition) is 0. The van der Waals surface area contributed by atoms with E-state index in [4.69, 9.17) is 4.99 Å². The van der Waals surface area contributed by atoms with Gasteiger partial charge < -0.3 is 4.90 Å². The first-order valence-electron chi connectivity index (χ1n) is 9.12. The molecule has 0 bridgehead atoms. The highest BCUT2D eigenvalue weighted by atomic mass is 32.2. The molecular formula is C19H29N3O2S. The second kappa shape index (κ2) is 8.70. The molecule has 6 heteroatoms. The van der Waals surface area contributed by atoms with Crippen LogP contribution >= 0.6 is 11.8 Å². The molecule has 0 aromatic heterocycles. The molecule has 25 heavy (non-hydrogen) atoms. The Labute approximate surface area is 155 Å². The van der Waals surface area contributed by atoms with Crippen LogP contribution in [0.5, 0.6) is 0 Å². The van der Waals surface area contributed by atoms with E-state index in [1.807, 2.05) is 24.8 Å². The molecule has 1 saturated heterocycles. The zero-order valence-corrected chi connectivity index (χ0v) is 16.7. The largest absolute Gasteiger partial charge is 0.347 e. The normalized spacial score (nSPS) is 20.3. The lowest BCUT2D eigenvalue weighted by atomic mass is 9.99. The molecule has 2 unspecified atom stereocenters. The predicted molar refractivity (Wildman–Crippen MR) is 107 cm³/mol. The van der Waals surface area contributed by atoms with E-state index in [-0.39, 0.29) is 10.6 Å². The fourth-order valence-electron chi connectivity index (χ4n) is 3.11. The third kappa shape index (κ3) is 4.54. The highest BCUT2D eigenvalue weighted by Gasteiger charge is 2.33. The summed E-state index contributed by atoms with van der Waals surface area (Å²) in [7, 11) is 0. The number of aryl methyl sites for hydroxylation is 2. The standard InChI is InChI=1S/C19H29N3O2S/c1-6-8-9-21-18(13(3)7-2)12-25-19(21)20-16-10-15(5)17(22(23)24)11-14(16)4/h10-11,13,18H,6-9,12H2,1-5H3. The molecule has 0 aliphatic carbocycles. The molecule has 0 amide bonds. The van der Waals surface area contributed by atoms with Crippen LogP contribution in [0.25, 0.3) is 0 Å². The number of nitro benzene ring substituents is 1.